The van der Waals surface area contributed by atoms with Gasteiger partial charge in [-0.25, -0.2) is 29.6 Å². The molecule has 0 bridgehead atoms. The van der Waals surface area contributed by atoms with Crippen LogP contribution in [0.25, 0.3) is 101 Å². The zero-order chi connectivity index (χ0) is 78.4. The summed E-state index contributed by atoms with van der Waals surface area (Å²) in [6.07, 6.45) is 8.36. The molecular weight excluding hydrogens is 1550 g/mol. The maximum absolute atomic E-state index is 5.72. The Morgan fingerprint density at radius 2 is 0.879 bits per heavy atom. The second-order valence-electron chi connectivity index (χ2n) is 26.7. The number of methoxy groups -OCH3 is 1. The van der Waals surface area contributed by atoms with Gasteiger partial charge in [0.25, 0.3) is 5.95 Å². The lowest BCUT2D eigenvalue weighted by atomic mass is 9.99. The first-order valence-corrected chi connectivity index (χ1v) is 41.2. The Bertz CT molecular complexity index is 7020. The number of hydrogen-bond acceptors (Lipinski definition) is 28. The first-order chi connectivity index (χ1) is 57.0. The molecule has 0 radical (unpaired) electrons. The van der Waals surface area contributed by atoms with Gasteiger partial charge in [-0.1, -0.05) is 55.5 Å². The lowest BCUT2D eigenvalue weighted by molar-refractivity contribution is 0.332. The standard InChI is InChI=1S/C23H22N6S.C21H15N7OS2.C21H18N6OS.C18H15N7S/c1-3-14(2)15-4-6-17(7-5-15)26-23-27-20-10-11-30-21(20)22(28-23)25-18-8-9-19-16(12-18)13-24-29-19;1-29-13-3-5-15-17(9-13)31-21(25-15)27-20-24-16-6-7-30-18(16)19(26-20)23-12-2-4-14-11(8-12)10-22-28-14;1-2-4-16(5-3-1)28-10-9-22-21-25-18-8-11-29-19(18)20(26-21)24-15-6-7-17-14(12-15)13-23-27-17;1-10-7-11(2)25(24-10)18-21-15-5-6-26-16(15)17(22-18)20-13-3-4-14-12(8-13)9-19-23-14/h4-14H,3H2,1-2H3,(H,24,29)(H2,25,26,27,28);2-10H,1H3,(H,22,28)(H2,23,24,25,26,27);1-8,11-13H,9-10H2,(H,23,27)(H2,22,24,25,26);3-9H,1-2H3,(H,19,23)(H,20,21,22). The molecule has 11 N–H and O–H groups in total. The van der Waals surface area contributed by atoms with E-state index in [4.69, 9.17) is 24.4 Å². The number of benzene rings is 7. The molecule has 28 nitrogen and oxygen atoms in total. The number of aromatic nitrogens is 19. The van der Waals surface area contributed by atoms with E-state index >= 15 is 0 Å². The van der Waals surface area contributed by atoms with Gasteiger partial charge < -0.3 is 41.4 Å². The Kier molecular flexibility index (Phi) is 20.8. The number of thiazole rings is 1. The number of aromatic amines is 4. The predicted octanol–water partition coefficient (Wildman–Crippen LogP) is 21.2. The number of rotatable bonds is 21. The zero-order valence-corrected chi connectivity index (χ0v) is 66.7. The Balaban J connectivity index is 0.000000107. The topological polar surface area (TPSA) is 351 Å². The summed E-state index contributed by atoms with van der Waals surface area (Å²) in [5, 5.41) is 69.3. The molecule has 1 unspecified atom stereocenters. The quantitative estimate of drug-likeness (QED) is 0.0298. The normalized spacial score (nSPS) is 11.6. The molecule has 21 rings (SSSR count). The SMILES string of the molecule is CCC(C)c1ccc(Nc2nc(Nc3ccc4[nH]ncc4c3)c3sccc3n2)cc1.COc1ccc2nc(Nc3nc(Nc4ccc5[nH]ncc5c4)c4sccc4n3)sc2c1.Cc1cc(C)n(-c2nc(Nc3ccc4[nH]ncc4c3)c3sccc3n2)n1.c1ccc(OCCNc2nc(Nc3ccc4[nH]ncc4c3)c3sccc3n2)cc1. The van der Waals surface area contributed by atoms with Crippen LogP contribution in [0.3, 0.4) is 0 Å². The maximum Gasteiger partial charge on any atom is 0.253 e. The molecule has 14 aromatic heterocycles. The summed E-state index contributed by atoms with van der Waals surface area (Å²) in [6, 6.07) is 58.3. The molecule has 0 amide bonds. The van der Waals surface area contributed by atoms with Gasteiger partial charge in [-0.05, 0) is 199 Å². The Morgan fingerprint density at radius 1 is 0.422 bits per heavy atom. The van der Waals surface area contributed by atoms with Crippen LogP contribution in [0.2, 0.25) is 0 Å². The minimum atomic E-state index is 0.490. The number of para-hydroxylation sites is 1. The van der Waals surface area contributed by atoms with E-state index in [-0.39, 0.29) is 0 Å². The van der Waals surface area contributed by atoms with Crippen LogP contribution < -0.4 is 46.7 Å². The van der Waals surface area contributed by atoms with Crippen molar-refractivity contribution in [3.05, 3.63) is 239 Å². The van der Waals surface area contributed by atoms with Crippen molar-refractivity contribution in [1.29, 1.82) is 0 Å². The average Bonchev–Trinajstić information content (AvgIpc) is 1.36. The maximum atomic E-state index is 5.72. The third-order valence-electron chi connectivity index (χ3n) is 18.8. The molecule has 0 fully saturated rings. The van der Waals surface area contributed by atoms with E-state index in [2.05, 4.69) is 157 Å². The van der Waals surface area contributed by atoms with Crippen LogP contribution in [-0.2, 0) is 0 Å². The second-order valence-corrected chi connectivity index (χ2v) is 31.4. The van der Waals surface area contributed by atoms with E-state index in [1.807, 2.05) is 193 Å². The van der Waals surface area contributed by atoms with Crippen LogP contribution in [0.1, 0.15) is 43.1 Å². The third-order valence-corrected chi connectivity index (χ3v) is 23.3. The van der Waals surface area contributed by atoms with E-state index in [9.17, 15) is 0 Å². The highest BCUT2D eigenvalue weighted by molar-refractivity contribution is 7.22. The van der Waals surface area contributed by atoms with E-state index in [0.29, 0.717) is 42.9 Å². The van der Waals surface area contributed by atoms with E-state index in [1.54, 1.807) is 69.5 Å². The summed E-state index contributed by atoms with van der Waals surface area (Å²) in [5.74, 6) is 7.49. The largest absolute Gasteiger partial charge is 0.497 e. The predicted molar refractivity (Wildman–Crippen MR) is 472 cm³/mol. The summed E-state index contributed by atoms with van der Waals surface area (Å²) in [4.78, 5) is 42.2. The first kappa shape index (κ1) is 73.4. The van der Waals surface area contributed by atoms with Gasteiger partial charge in [0.1, 0.15) is 18.1 Å². The van der Waals surface area contributed by atoms with Crippen molar-refractivity contribution in [1.82, 2.24) is 95.4 Å². The Labute approximate surface area is 680 Å². The zero-order valence-electron chi connectivity index (χ0n) is 62.6. The van der Waals surface area contributed by atoms with Gasteiger partial charge in [-0.3, -0.25) is 25.7 Å². The van der Waals surface area contributed by atoms with Crippen LogP contribution in [0, 0.1) is 13.8 Å². The molecule has 0 spiro atoms. The molecular formula is C83H70N26O2S5. The number of nitrogens with zero attached hydrogens (tertiary/aromatic N) is 15. The van der Waals surface area contributed by atoms with Crippen LogP contribution in [0.4, 0.5) is 74.7 Å². The van der Waals surface area contributed by atoms with Crippen molar-refractivity contribution in [2.45, 2.75) is 40.0 Å². The molecule has 0 saturated carbocycles. The number of aryl methyl sites for hydroxylation is 2. The summed E-state index contributed by atoms with van der Waals surface area (Å²) >= 11 is 7.99. The van der Waals surface area contributed by atoms with Gasteiger partial charge in [0.15, 0.2) is 28.4 Å². The van der Waals surface area contributed by atoms with Crippen LogP contribution >= 0.6 is 56.7 Å². The highest BCUT2D eigenvalue weighted by atomic mass is 32.1. The van der Waals surface area contributed by atoms with Crippen molar-refractivity contribution >= 4 is 226 Å². The Morgan fingerprint density at radius 3 is 1.35 bits per heavy atom. The number of ether oxygens (including phenoxy) is 2. The van der Waals surface area contributed by atoms with E-state index in [0.717, 1.165) is 181 Å². The molecule has 21 aromatic rings. The molecule has 7 aromatic carbocycles. The fourth-order valence-electron chi connectivity index (χ4n) is 12.8. The molecule has 0 aliphatic carbocycles. The molecule has 0 aliphatic rings. The van der Waals surface area contributed by atoms with Gasteiger partial charge in [-0.15, -0.1) is 45.3 Å². The van der Waals surface area contributed by atoms with Crippen LogP contribution in [0.15, 0.2) is 222 Å². The summed E-state index contributed by atoms with van der Waals surface area (Å²) in [7, 11) is 1.66. The first-order valence-electron chi connectivity index (χ1n) is 36.8. The molecule has 116 heavy (non-hydrogen) atoms. The molecule has 33 heteroatoms. The second kappa shape index (κ2) is 32.9. The lowest BCUT2D eigenvalue weighted by Gasteiger charge is -2.12. The molecule has 0 saturated heterocycles. The van der Waals surface area contributed by atoms with E-state index in [1.165, 1.54) is 16.9 Å². The highest BCUT2D eigenvalue weighted by Gasteiger charge is 2.19. The fourth-order valence-corrected chi connectivity index (χ4v) is 16.8. The van der Waals surface area contributed by atoms with Crippen molar-refractivity contribution in [2.24, 2.45) is 0 Å². The number of thiophene rings is 4. The molecule has 14 heterocycles. The number of anilines is 13. The van der Waals surface area contributed by atoms with Crippen LogP contribution in [0.5, 0.6) is 11.5 Å². The fraction of sp³-hybridized carbons (Fsp3) is 0.108. The smallest absolute Gasteiger partial charge is 0.253 e. The number of H-pyrrole nitrogens is 4. The van der Waals surface area contributed by atoms with Crippen molar-refractivity contribution in [2.75, 3.05) is 57.5 Å². The number of hydrogen-bond donors (Lipinski definition) is 11. The third kappa shape index (κ3) is 16.4. The van der Waals surface area contributed by atoms with Crippen molar-refractivity contribution in [3.63, 3.8) is 0 Å². The van der Waals surface area contributed by atoms with E-state index < -0.39 is 0 Å². The molecule has 574 valence electrons. The minimum absolute atomic E-state index is 0.490. The van der Waals surface area contributed by atoms with Gasteiger partial charge >= 0.3 is 0 Å². The summed E-state index contributed by atoms with van der Waals surface area (Å²) in [6.45, 7) is 9.54. The summed E-state index contributed by atoms with van der Waals surface area (Å²) < 4.78 is 17.9. The van der Waals surface area contributed by atoms with Gasteiger partial charge in [0.05, 0.1) is 117 Å². The van der Waals surface area contributed by atoms with Crippen LogP contribution in [-0.4, -0.2) is 116 Å². The number of nitrogens with one attached hydrogen (secondary N) is 11. The van der Waals surface area contributed by atoms with Gasteiger partial charge in [0.2, 0.25) is 17.8 Å². The highest BCUT2D eigenvalue weighted by Crippen LogP contribution is 2.38. The lowest BCUT2D eigenvalue weighted by Crippen LogP contribution is -2.13. The molecule has 1 atom stereocenters. The average molecular weight is 1620 g/mol. The Hall–Kier alpha value is -14.1. The molecule has 0 aliphatic heterocycles. The number of fused-ring (bicyclic) bond motifs is 9. The monoisotopic (exact) mass is 1620 g/mol. The van der Waals surface area contributed by atoms with Crippen molar-refractivity contribution < 1.29 is 9.47 Å². The van der Waals surface area contributed by atoms with Gasteiger partial charge in [-0.2, -0.15) is 45.4 Å². The summed E-state index contributed by atoms with van der Waals surface area (Å²) in [5.41, 5.74) is 16.5. The van der Waals surface area contributed by atoms with Gasteiger partial charge in [0, 0.05) is 55.7 Å². The van der Waals surface area contributed by atoms with Crippen molar-refractivity contribution in [3.8, 4) is 17.4 Å². The minimum Gasteiger partial charge on any atom is -0.497 e.